The van der Waals surface area contributed by atoms with Crippen LogP contribution in [0.15, 0.2) is 53.6 Å². The van der Waals surface area contributed by atoms with Crippen LogP contribution >= 0.6 is 22.9 Å². The van der Waals surface area contributed by atoms with Crippen molar-refractivity contribution >= 4 is 51.9 Å². The second kappa shape index (κ2) is 12.7. The number of carbonyl (C=O) groups is 3. The van der Waals surface area contributed by atoms with Crippen molar-refractivity contribution in [3.05, 3.63) is 80.7 Å². The first-order valence-corrected chi connectivity index (χ1v) is 13.5. The van der Waals surface area contributed by atoms with E-state index < -0.39 is 17.8 Å². The van der Waals surface area contributed by atoms with Gasteiger partial charge in [0.15, 0.2) is 0 Å². The lowest BCUT2D eigenvalue weighted by Gasteiger charge is -2.18. The molecule has 4 rings (SSSR count). The van der Waals surface area contributed by atoms with Crippen LogP contribution in [-0.2, 0) is 33.8 Å². The molecule has 0 radical (unpaired) electrons. The average molecular weight is 554 g/mol. The van der Waals surface area contributed by atoms with Crippen molar-refractivity contribution in [2.24, 2.45) is 11.0 Å². The summed E-state index contributed by atoms with van der Waals surface area (Å²) in [5.41, 5.74) is 5.17. The summed E-state index contributed by atoms with van der Waals surface area (Å²) < 4.78 is 11.0. The third-order valence-electron chi connectivity index (χ3n) is 6.00. The highest BCUT2D eigenvalue weighted by Crippen LogP contribution is 2.40. The number of carbonyl (C=O) groups excluding carboxylic acids is 3. The fourth-order valence-electron chi connectivity index (χ4n) is 4.03. The van der Waals surface area contributed by atoms with Gasteiger partial charge < -0.3 is 14.8 Å². The topological polar surface area (TPSA) is 106 Å². The molecule has 10 heteroatoms. The quantitative estimate of drug-likeness (QED) is 0.169. The van der Waals surface area contributed by atoms with E-state index in [1.807, 2.05) is 24.3 Å². The van der Waals surface area contributed by atoms with Gasteiger partial charge in [0.1, 0.15) is 17.4 Å². The first-order chi connectivity index (χ1) is 18.3. The fourth-order valence-corrected chi connectivity index (χ4v) is 5.55. The third-order valence-corrected chi connectivity index (χ3v) is 7.42. The van der Waals surface area contributed by atoms with Crippen molar-refractivity contribution in [2.45, 2.75) is 39.7 Å². The Bertz CT molecular complexity index is 1340. The minimum Gasteiger partial charge on any atom is -0.489 e. The second-order valence-electron chi connectivity index (χ2n) is 8.91. The normalized spacial score (nSPS) is 14.6. The number of hydrogen-bond acceptors (Lipinski definition) is 7. The number of esters is 1. The van der Waals surface area contributed by atoms with Gasteiger partial charge in [-0.1, -0.05) is 30.7 Å². The van der Waals surface area contributed by atoms with Gasteiger partial charge in [-0.3, -0.25) is 9.59 Å². The number of nitrogens with one attached hydrogen (secondary N) is 2. The summed E-state index contributed by atoms with van der Waals surface area (Å²) >= 11 is 7.22. The molecule has 2 N–H and O–H groups in total. The van der Waals surface area contributed by atoms with Crippen molar-refractivity contribution in [3.8, 4) is 5.75 Å². The number of hydrogen-bond donors (Lipinski definition) is 2. The van der Waals surface area contributed by atoms with Crippen molar-refractivity contribution in [1.29, 1.82) is 0 Å². The van der Waals surface area contributed by atoms with Crippen LogP contribution in [-0.4, -0.2) is 30.6 Å². The second-order valence-corrected chi connectivity index (χ2v) is 10.5. The van der Waals surface area contributed by atoms with Gasteiger partial charge in [0.2, 0.25) is 0 Å². The zero-order valence-corrected chi connectivity index (χ0v) is 22.7. The van der Waals surface area contributed by atoms with Crippen molar-refractivity contribution in [2.75, 3.05) is 11.9 Å². The number of hydrazone groups is 1. The summed E-state index contributed by atoms with van der Waals surface area (Å²) in [6, 6.07) is 14.5. The molecule has 1 aliphatic rings. The van der Waals surface area contributed by atoms with Crippen molar-refractivity contribution < 1.29 is 23.9 Å². The zero-order valence-electron chi connectivity index (χ0n) is 21.1. The maximum atomic E-state index is 12.6. The minimum absolute atomic E-state index is 0.220. The summed E-state index contributed by atoms with van der Waals surface area (Å²) in [7, 11) is 0. The van der Waals surface area contributed by atoms with Crippen LogP contribution in [0.1, 0.15) is 52.2 Å². The molecule has 3 aromatic rings. The first kappa shape index (κ1) is 27.3. The Labute approximate surface area is 230 Å². The number of halogens is 1. The van der Waals surface area contributed by atoms with E-state index in [0.717, 1.165) is 35.3 Å². The molecule has 1 aromatic heterocycles. The molecule has 0 spiro atoms. The molecule has 1 aliphatic carbocycles. The molecule has 1 heterocycles. The van der Waals surface area contributed by atoms with E-state index in [2.05, 4.69) is 22.8 Å². The van der Waals surface area contributed by atoms with E-state index in [1.165, 1.54) is 17.6 Å². The first-order valence-electron chi connectivity index (χ1n) is 12.3. The Balaban J connectivity index is 1.32. The van der Waals surface area contributed by atoms with Gasteiger partial charge in [0.25, 0.3) is 0 Å². The van der Waals surface area contributed by atoms with E-state index in [9.17, 15) is 14.4 Å². The SMILES string of the molecule is CCOC(=O)c1c(NC(=O)C(=O)N/N=C\c2ccc(OCc3ccc(Cl)cc3)cc2)sc2c1CC[C@H](C)C2. The molecule has 1 atom stereocenters. The Hall–Kier alpha value is -3.69. The smallest absolute Gasteiger partial charge is 0.341 e. The fraction of sp³-hybridized carbons (Fsp3) is 0.286. The highest BCUT2D eigenvalue weighted by atomic mass is 35.5. The zero-order chi connectivity index (χ0) is 27.1. The number of nitrogens with zero attached hydrogens (tertiary/aromatic N) is 1. The summed E-state index contributed by atoms with van der Waals surface area (Å²) in [4.78, 5) is 38.6. The molecule has 0 bridgehead atoms. The van der Waals surface area contributed by atoms with Crippen molar-refractivity contribution in [1.82, 2.24) is 5.43 Å². The summed E-state index contributed by atoms with van der Waals surface area (Å²) in [6.45, 7) is 4.50. The molecule has 2 aromatic carbocycles. The molecule has 0 aliphatic heterocycles. The average Bonchev–Trinajstić information content (AvgIpc) is 3.26. The lowest BCUT2D eigenvalue weighted by Crippen LogP contribution is -2.32. The van der Waals surface area contributed by atoms with E-state index in [1.54, 1.807) is 31.2 Å². The molecule has 198 valence electrons. The highest BCUT2D eigenvalue weighted by Gasteiger charge is 2.30. The molecular weight excluding hydrogens is 526 g/mol. The van der Waals surface area contributed by atoms with Gasteiger partial charge in [0.05, 0.1) is 18.4 Å². The number of benzene rings is 2. The predicted octanol–water partition coefficient (Wildman–Crippen LogP) is 5.37. The molecule has 38 heavy (non-hydrogen) atoms. The van der Waals surface area contributed by atoms with Crippen LogP contribution in [0.3, 0.4) is 0 Å². The molecular formula is C28H28ClN3O5S. The van der Waals surface area contributed by atoms with Gasteiger partial charge in [0, 0.05) is 9.90 Å². The van der Waals surface area contributed by atoms with Crippen LogP contribution in [0.25, 0.3) is 0 Å². The van der Waals surface area contributed by atoms with Crippen LogP contribution in [0.2, 0.25) is 5.02 Å². The van der Waals surface area contributed by atoms with E-state index in [-0.39, 0.29) is 6.61 Å². The standard InChI is InChI=1S/C28H28ClN3O5S/c1-3-36-28(35)24-22-13-4-17(2)14-23(22)38-27(24)31-25(33)26(34)32-30-15-18-7-11-21(12-8-18)37-16-19-5-9-20(29)10-6-19/h5-12,15,17H,3-4,13-14,16H2,1-2H3,(H,31,33)(H,32,34)/b30-15-/t17-/m0/s1. The predicted molar refractivity (Wildman–Crippen MR) is 148 cm³/mol. The molecule has 0 unspecified atom stereocenters. The van der Waals surface area contributed by atoms with Crippen LogP contribution in [0.5, 0.6) is 5.75 Å². The summed E-state index contributed by atoms with van der Waals surface area (Å²) in [5, 5.41) is 7.45. The Kier molecular flexibility index (Phi) is 9.15. The molecule has 2 amide bonds. The number of anilines is 1. The van der Waals surface area contributed by atoms with Crippen LogP contribution in [0, 0.1) is 5.92 Å². The Morgan fingerprint density at radius 1 is 1.11 bits per heavy atom. The maximum absolute atomic E-state index is 12.6. The minimum atomic E-state index is -0.946. The number of thiophene rings is 1. The van der Waals surface area contributed by atoms with Gasteiger partial charge in [-0.2, -0.15) is 5.10 Å². The largest absolute Gasteiger partial charge is 0.489 e. The molecule has 0 saturated heterocycles. The maximum Gasteiger partial charge on any atom is 0.341 e. The molecule has 0 fully saturated rings. The van der Waals surface area contributed by atoms with Crippen LogP contribution < -0.4 is 15.5 Å². The van der Waals surface area contributed by atoms with Gasteiger partial charge in [-0.15, -0.1) is 11.3 Å². The van der Waals surface area contributed by atoms with E-state index >= 15 is 0 Å². The van der Waals surface area contributed by atoms with Crippen molar-refractivity contribution in [3.63, 3.8) is 0 Å². The van der Waals surface area contributed by atoms with E-state index in [0.29, 0.717) is 39.4 Å². The van der Waals surface area contributed by atoms with E-state index in [4.69, 9.17) is 21.1 Å². The lowest BCUT2D eigenvalue weighted by atomic mass is 9.88. The lowest BCUT2D eigenvalue weighted by molar-refractivity contribution is -0.136. The highest BCUT2D eigenvalue weighted by molar-refractivity contribution is 7.17. The Morgan fingerprint density at radius 2 is 1.84 bits per heavy atom. The Morgan fingerprint density at radius 3 is 2.55 bits per heavy atom. The molecule has 0 saturated carbocycles. The number of amides is 2. The van der Waals surface area contributed by atoms with Gasteiger partial charge >= 0.3 is 17.8 Å². The number of ether oxygens (including phenoxy) is 2. The monoisotopic (exact) mass is 553 g/mol. The van der Waals surface area contributed by atoms with Gasteiger partial charge in [-0.05, 0) is 85.2 Å². The third kappa shape index (κ3) is 6.99. The van der Waals surface area contributed by atoms with Crippen LogP contribution in [0.4, 0.5) is 5.00 Å². The molecule has 8 nitrogen and oxygen atoms in total. The number of fused-ring (bicyclic) bond motifs is 1. The summed E-state index contributed by atoms with van der Waals surface area (Å²) in [6.07, 6.45) is 3.93. The summed E-state index contributed by atoms with van der Waals surface area (Å²) in [5.74, 6) is -1.19. The van der Waals surface area contributed by atoms with Gasteiger partial charge in [-0.25, -0.2) is 10.2 Å². The number of rotatable bonds is 8.